The number of phosphoric ester groups is 2. The standard InChI is InChI=1S/C70H136O17P2/c1-5-9-13-17-21-25-28-30-32-34-36-40-44-48-52-56-69(74)86-65(60-80-67(72)54-50-46-42-38-24-20-16-12-8-4)62-84-88(76,77)82-58-64(71)59-83-89(78,79)85-63-66(61-81-68(73)55-51-47-43-39-27-23-19-15-11-7-3)87-70(75)57-53-49-45-41-37-35-33-31-29-26-22-18-14-10-6-2/h64-66,71H,5-63H2,1-4H3,(H,76,77)(H,78,79)/t64-,65-,66-/m1/s1. The van der Waals surface area contributed by atoms with Crippen LogP contribution in [-0.4, -0.2) is 96.7 Å². The van der Waals surface area contributed by atoms with Gasteiger partial charge in [-0.25, -0.2) is 9.13 Å². The topological polar surface area (TPSA) is 237 Å². The summed E-state index contributed by atoms with van der Waals surface area (Å²) >= 11 is 0. The van der Waals surface area contributed by atoms with E-state index in [1.54, 1.807) is 0 Å². The highest BCUT2D eigenvalue weighted by molar-refractivity contribution is 7.47. The highest BCUT2D eigenvalue weighted by Crippen LogP contribution is 2.45. The minimum absolute atomic E-state index is 0.109. The highest BCUT2D eigenvalue weighted by atomic mass is 31.2. The van der Waals surface area contributed by atoms with E-state index in [1.165, 1.54) is 199 Å². The van der Waals surface area contributed by atoms with Gasteiger partial charge in [-0.15, -0.1) is 0 Å². The van der Waals surface area contributed by atoms with Gasteiger partial charge in [0.15, 0.2) is 12.2 Å². The summed E-state index contributed by atoms with van der Waals surface area (Å²) in [5.74, 6) is -2.12. The molecule has 89 heavy (non-hydrogen) atoms. The van der Waals surface area contributed by atoms with Crippen LogP contribution in [0.1, 0.15) is 368 Å². The summed E-state index contributed by atoms with van der Waals surface area (Å²) in [7, 11) is -9.89. The number of aliphatic hydroxyl groups is 1. The Balaban J connectivity index is 5.21. The largest absolute Gasteiger partial charge is 0.472 e. The van der Waals surface area contributed by atoms with Crippen molar-refractivity contribution < 1.29 is 80.2 Å². The molecule has 0 aromatic heterocycles. The Hall–Kier alpha value is -1.94. The van der Waals surface area contributed by atoms with Crippen LogP contribution in [0, 0.1) is 0 Å². The third-order valence-corrected chi connectivity index (χ3v) is 18.3. The van der Waals surface area contributed by atoms with Crippen LogP contribution in [0.3, 0.4) is 0 Å². The number of carbonyl (C=O) groups excluding carboxylic acids is 4. The molecule has 0 heterocycles. The van der Waals surface area contributed by atoms with E-state index >= 15 is 0 Å². The Morgan fingerprint density at radius 3 is 0.663 bits per heavy atom. The molecule has 0 spiro atoms. The first-order valence-corrected chi connectivity index (χ1v) is 39.8. The van der Waals surface area contributed by atoms with Gasteiger partial charge in [0.05, 0.1) is 26.4 Å². The molecule has 0 saturated heterocycles. The maximum absolute atomic E-state index is 13.0. The number of esters is 4. The van der Waals surface area contributed by atoms with Gasteiger partial charge in [0, 0.05) is 25.7 Å². The predicted octanol–water partition coefficient (Wildman–Crippen LogP) is 20.3. The van der Waals surface area contributed by atoms with Gasteiger partial charge < -0.3 is 33.8 Å². The fourth-order valence-electron chi connectivity index (χ4n) is 10.7. The first kappa shape index (κ1) is 87.1. The Labute approximate surface area is 543 Å². The molecule has 0 aliphatic carbocycles. The van der Waals surface area contributed by atoms with Gasteiger partial charge in [-0.1, -0.05) is 317 Å². The summed E-state index contributed by atoms with van der Waals surface area (Å²) in [6.45, 7) is 4.93. The Bertz CT molecular complexity index is 1710. The van der Waals surface area contributed by atoms with Crippen molar-refractivity contribution in [2.45, 2.75) is 386 Å². The van der Waals surface area contributed by atoms with Gasteiger partial charge in [-0.2, -0.15) is 0 Å². The first-order chi connectivity index (χ1) is 43.2. The fourth-order valence-corrected chi connectivity index (χ4v) is 12.3. The van der Waals surface area contributed by atoms with Crippen LogP contribution >= 0.6 is 15.6 Å². The molecule has 0 aromatic rings. The average Bonchev–Trinajstić information content (AvgIpc) is 3.68. The lowest BCUT2D eigenvalue weighted by molar-refractivity contribution is -0.161. The Kier molecular flexibility index (Phi) is 63.3. The second-order valence-electron chi connectivity index (χ2n) is 25.3. The van der Waals surface area contributed by atoms with E-state index in [4.69, 9.17) is 37.0 Å². The van der Waals surface area contributed by atoms with Crippen molar-refractivity contribution in [1.29, 1.82) is 0 Å². The van der Waals surface area contributed by atoms with Gasteiger partial charge in [0.1, 0.15) is 19.3 Å². The Morgan fingerprint density at radius 2 is 0.449 bits per heavy atom. The van der Waals surface area contributed by atoms with Crippen molar-refractivity contribution in [1.82, 2.24) is 0 Å². The van der Waals surface area contributed by atoms with E-state index in [9.17, 15) is 43.2 Å². The summed E-state index contributed by atoms with van der Waals surface area (Å²) in [5, 5.41) is 10.6. The normalized spacial score (nSPS) is 14.0. The van der Waals surface area contributed by atoms with Gasteiger partial charge in [0.25, 0.3) is 0 Å². The number of hydrogen-bond donors (Lipinski definition) is 3. The minimum atomic E-state index is -4.95. The zero-order chi connectivity index (χ0) is 65.4. The number of rotatable bonds is 71. The summed E-state index contributed by atoms with van der Waals surface area (Å²) in [5.41, 5.74) is 0. The second-order valence-corrected chi connectivity index (χ2v) is 28.2. The molecule has 0 fully saturated rings. The number of aliphatic hydroxyl groups excluding tert-OH is 1. The molecule has 0 rings (SSSR count). The summed E-state index contributed by atoms with van der Waals surface area (Å²) in [4.78, 5) is 72.5. The van der Waals surface area contributed by atoms with Gasteiger partial charge in [-0.05, 0) is 25.7 Å². The third-order valence-electron chi connectivity index (χ3n) is 16.4. The molecule has 2 unspecified atom stereocenters. The smallest absolute Gasteiger partial charge is 0.462 e. The van der Waals surface area contributed by atoms with Gasteiger partial charge >= 0.3 is 39.5 Å². The van der Waals surface area contributed by atoms with E-state index in [1.807, 2.05) is 0 Å². The average molecular weight is 1310 g/mol. The van der Waals surface area contributed by atoms with E-state index < -0.39 is 97.5 Å². The molecule has 528 valence electrons. The highest BCUT2D eigenvalue weighted by Gasteiger charge is 2.30. The predicted molar refractivity (Wildman–Crippen MR) is 359 cm³/mol. The van der Waals surface area contributed by atoms with Gasteiger partial charge in [-0.3, -0.25) is 37.3 Å². The molecule has 0 aliphatic heterocycles. The maximum Gasteiger partial charge on any atom is 0.472 e. The van der Waals surface area contributed by atoms with Gasteiger partial charge in [0.2, 0.25) is 0 Å². The van der Waals surface area contributed by atoms with Crippen molar-refractivity contribution in [3.05, 3.63) is 0 Å². The third kappa shape index (κ3) is 64.6. The molecule has 19 heteroatoms. The first-order valence-electron chi connectivity index (χ1n) is 36.8. The number of ether oxygens (including phenoxy) is 4. The molecule has 0 aromatic carbocycles. The van der Waals surface area contributed by atoms with Crippen LogP contribution in [0.2, 0.25) is 0 Å². The number of unbranched alkanes of at least 4 members (excludes halogenated alkanes) is 45. The molecule has 0 radical (unpaired) electrons. The zero-order valence-electron chi connectivity index (χ0n) is 57.4. The molecule has 5 atom stereocenters. The molecule has 3 N–H and O–H groups in total. The molecular formula is C70H136O17P2. The number of phosphoric acid groups is 2. The summed E-state index contributed by atoms with van der Waals surface area (Å²) in [6.07, 6.45) is 52.6. The van der Waals surface area contributed by atoms with Crippen LogP contribution in [0.5, 0.6) is 0 Å². The van der Waals surface area contributed by atoms with E-state index in [0.717, 1.165) is 89.9 Å². The lowest BCUT2D eigenvalue weighted by Gasteiger charge is -2.21. The molecule has 0 aliphatic rings. The monoisotopic (exact) mass is 1310 g/mol. The molecule has 0 bridgehead atoms. The van der Waals surface area contributed by atoms with E-state index in [0.29, 0.717) is 25.7 Å². The summed E-state index contributed by atoms with van der Waals surface area (Å²) in [6, 6.07) is 0. The van der Waals surface area contributed by atoms with Crippen molar-refractivity contribution >= 4 is 39.5 Å². The molecule has 0 amide bonds. The minimum Gasteiger partial charge on any atom is -0.462 e. The van der Waals surface area contributed by atoms with Crippen molar-refractivity contribution in [3.63, 3.8) is 0 Å². The maximum atomic E-state index is 13.0. The van der Waals surface area contributed by atoms with Crippen LogP contribution in [0.25, 0.3) is 0 Å². The SMILES string of the molecule is CCCCCCCCCCCCCCCCCC(=O)O[C@H](COC(=O)CCCCCCCCCCC)COP(=O)(O)OC[C@@H](O)COP(=O)(O)OC[C@@H](COC(=O)CCCCCCCCCCCC)OC(=O)CCCCCCCCCCCCCCCCC. The lowest BCUT2D eigenvalue weighted by atomic mass is 10.0. The molecule has 17 nitrogen and oxygen atoms in total. The summed E-state index contributed by atoms with van der Waals surface area (Å²) < 4.78 is 68.2. The fraction of sp³-hybridized carbons (Fsp3) is 0.943. The number of carbonyl (C=O) groups is 4. The Morgan fingerprint density at radius 1 is 0.270 bits per heavy atom. The van der Waals surface area contributed by atoms with Crippen LogP contribution < -0.4 is 0 Å². The van der Waals surface area contributed by atoms with Crippen molar-refractivity contribution in [3.8, 4) is 0 Å². The molecule has 0 saturated carbocycles. The van der Waals surface area contributed by atoms with Crippen LogP contribution in [-0.2, 0) is 65.4 Å². The quantitative estimate of drug-likeness (QED) is 0.0222. The molecular weight excluding hydrogens is 1170 g/mol. The zero-order valence-corrected chi connectivity index (χ0v) is 59.2. The van der Waals surface area contributed by atoms with Crippen molar-refractivity contribution in [2.24, 2.45) is 0 Å². The van der Waals surface area contributed by atoms with Crippen molar-refractivity contribution in [2.75, 3.05) is 39.6 Å². The number of hydrogen-bond acceptors (Lipinski definition) is 15. The lowest BCUT2D eigenvalue weighted by Crippen LogP contribution is -2.30. The second kappa shape index (κ2) is 64.8. The van der Waals surface area contributed by atoms with E-state index in [2.05, 4.69) is 27.7 Å². The van der Waals surface area contributed by atoms with Crippen LogP contribution in [0.4, 0.5) is 0 Å². The van der Waals surface area contributed by atoms with Crippen LogP contribution in [0.15, 0.2) is 0 Å². The van der Waals surface area contributed by atoms with E-state index in [-0.39, 0.29) is 25.7 Å².